The quantitative estimate of drug-likeness (QED) is 0.134. The number of carbonyl (C=O) groups excluding carboxylic acids is 3. The first-order valence-corrected chi connectivity index (χ1v) is 15.0. The van der Waals surface area contributed by atoms with E-state index < -0.39 is 11.8 Å². The smallest absolute Gasteiger partial charge is 0.256 e. The van der Waals surface area contributed by atoms with Crippen molar-refractivity contribution in [2.45, 2.75) is 26.2 Å². The number of ketones is 1. The van der Waals surface area contributed by atoms with Gasteiger partial charge in [0.25, 0.3) is 5.91 Å². The second kappa shape index (κ2) is 15.0. The van der Waals surface area contributed by atoms with Crippen LogP contribution in [0.4, 0.5) is 5.69 Å². The van der Waals surface area contributed by atoms with Crippen LogP contribution in [0.2, 0.25) is 5.02 Å². The van der Waals surface area contributed by atoms with Gasteiger partial charge in [-0.3, -0.25) is 14.4 Å². The predicted molar refractivity (Wildman–Crippen MR) is 173 cm³/mol. The number of hydrogen-bond donors (Lipinski definition) is 2. The fraction of sp³-hybridized carbons (Fsp3) is 0.143. The van der Waals surface area contributed by atoms with Gasteiger partial charge in [-0.15, -0.1) is 0 Å². The van der Waals surface area contributed by atoms with Crippen molar-refractivity contribution in [3.63, 3.8) is 0 Å². The molecule has 8 heteroatoms. The summed E-state index contributed by atoms with van der Waals surface area (Å²) < 4.78 is 0. The summed E-state index contributed by atoms with van der Waals surface area (Å²) in [5, 5.41) is 16.8. The van der Waals surface area contributed by atoms with E-state index in [0.717, 1.165) is 22.9 Å². The van der Waals surface area contributed by atoms with E-state index in [2.05, 4.69) is 16.7 Å². The Balaban J connectivity index is 1.73. The van der Waals surface area contributed by atoms with Crippen LogP contribution in [0.1, 0.15) is 49.7 Å². The average molecular weight is 608 g/mol. The highest BCUT2D eigenvalue weighted by Gasteiger charge is 2.28. The van der Waals surface area contributed by atoms with E-state index in [1.165, 1.54) is 0 Å². The van der Waals surface area contributed by atoms with Crippen LogP contribution in [-0.2, 0) is 4.79 Å². The van der Waals surface area contributed by atoms with E-state index in [9.17, 15) is 19.6 Å². The Hall–Kier alpha value is -4.64. The highest BCUT2D eigenvalue weighted by atomic mass is 35.5. The molecule has 0 heterocycles. The first kappa shape index (κ1) is 31.3. The van der Waals surface area contributed by atoms with Gasteiger partial charge in [-0.25, -0.2) is 0 Å². The zero-order valence-corrected chi connectivity index (χ0v) is 25.3. The van der Waals surface area contributed by atoms with Crippen LogP contribution in [0.5, 0.6) is 0 Å². The van der Waals surface area contributed by atoms with Crippen molar-refractivity contribution < 1.29 is 14.4 Å². The molecule has 4 aromatic rings. The zero-order chi connectivity index (χ0) is 30.8. The van der Waals surface area contributed by atoms with Gasteiger partial charge in [0, 0.05) is 34.2 Å². The number of Topliss-reactive ketones (excluding diaryl/α,β-unsaturated/α-hetero) is 1. The van der Waals surface area contributed by atoms with Crippen molar-refractivity contribution in [2.75, 3.05) is 11.1 Å². The number of aryl methyl sites for hydroxylation is 2. The molecule has 4 rings (SSSR count). The molecule has 216 valence electrons. The van der Waals surface area contributed by atoms with Crippen molar-refractivity contribution in [3.8, 4) is 6.07 Å². The van der Waals surface area contributed by atoms with E-state index in [-0.39, 0.29) is 34.5 Å². The Morgan fingerprint density at radius 3 is 2.12 bits per heavy atom. The molecule has 43 heavy (non-hydrogen) atoms. The highest BCUT2D eigenvalue weighted by Crippen LogP contribution is 2.37. The van der Waals surface area contributed by atoms with Crippen LogP contribution >= 0.6 is 23.4 Å². The molecule has 1 unspecified atom stereocenters. The lowest BCUT2D eigenvalue weighted by atomic mass is 9.86. The second-order valence-electron chi connectivity index (χ2n) is 9.90. The van der Waals surface area contributed by atoms with Gasteiger partial charge in [-0.1, -0.05) is 108 Å². The first-order chi connectivity index (χ1) is 20.8. The lowest BCUT2D eigenvalue weighted by molar-refractivity contribution is -0.113. The molecule has 0 aromatic heterocycles. The largest absolute Gasteiger partial charge is 0.325 e. The molecular weight excluding hydrogens is 578 g/mol. The molecule has 0 spiro atoms. The van der Waals surface area contributed by atoms with Crippen LogP contribution in [0.15, 0.2) is 114 Å². The lowest BCUT2D eigenvalue weighted by Crippen LogP contribution is -2.26. The van der Waals surface area contributed by atoms with E-state index in [0.29, 0.717) is 27.4 Å². The van der Waals surface area contributed by atoms with Crippen LogP contribution in [0.25, 0.3) is 0 Å². The number of allylic oxidation sites excluding steroid dienone is 1. The molecule has 0 bridgehead atoms. The molecule has 2 N–H and O–H groups in total. The van der Waals surface area contributed by atoms with Crippen molar-refractivity contribution in [1.82, 2.24) is 5.32 Å². The molecule has 4 aromatic carbocycles. The third-order valence-corrected chi connectivity index (χ3v) is 8.11. The number of carbonyl (C=O) groups is 3. The number of hydrogen-bond acceptors (Lipinski definition) is 5. The Kier molecular flexibility index (Phi) is 10.9. The fourth-order valence-electron chi connectivity index (χ4n) is 4.56. The van der Waals surface area contributed by atoms with Gasteiger partial charge in [-0.2, -0.15) is 5.26 Å². The molecule has 6 nitrogen and oxygen atoms in total. The summed E-state index contributed by atoms with van der Waals surface area (Å²) in [7, 11) is 0. The summed E-state index contributed by atoms with van der Waals surface area (Å²) in [5.74, 6) is -1.82. The molecule has 0 radical (unpaired) electrons. The van der Waals surface area contributed by atoms with Gasteiger partial charge in [0.1, 0.15) is 0 Å². The second-order valence-corrected chi connectivity index (χ2v) is 11.3. The van der Waals surface area contributed by atoms with Crippen molar-refractivity contribution in [1.29, 1.82) is 5.26 Å². The SMILES string of the molecule is Cc1ccc(NC(=O)CSC(NC(=O)c2ccccc2)=C(C#N)C(CC(=O)c2ccccc2)c2ccccc2Cl)c(C)c1. The van der Waals surface area contributed by atoms with E-state index in [4.69, 9.17) is 11.6 Å². The molecule has 0 fully saturated rings. The van der Waals surface area contributed by atoms with Crippen LogP contribution < -0.4 is 10.6 Å². The maximum Gasteiger partial charge on any atom is 0.256 e. The normalized spacial score (nSPS) is 12.0. The minimum Gasteiger partial charge on any atom is -0.325 e. The molecule has 0 aliphatic heterocycles. The molecule has 0 saturated heterocycles. The molecule has 2 amide bonds. The summed E-state index contributed by atoms with van der Waals surface area (Å²) in [6, 6.07) is 32.3. The molecule has 0 aliphatic carbocycles. The summed E-state index contributed by atoms with van der Waals surface area (Å²) in [5.41, 5.74) is 4.25. The number of halogens is 1. The molecule has 0 saturated carbocycles. The number of rotatable bonds is 11. The standard InChI is InChI=1S/C35H30ClN3O3S/c1-23-17-18-31(24(2)19-23)38-33(41)22-43-35(39-34(42)26-13-7-4-8-14-26)29(21-37)28(27-15-9-10-16-30(27)36)20-32(40)25-11-5-3-6-12-25/h3-19,28H,20,22H2,1-2H3,(H,38,41)(H,39,42). The monoisotopic (exact) mass is 607 g/mol. The molecule has 0 aliphatic rings. The van der Waals surface area contributed by atoms with E-state index in [1.807, 2.05) is 38.1 Å². The fourth-order valence-corrected chi connectivity index (χ4v) is 5.69. The van der Waals surface area contributed by atoms with Gasteiger partial charge in [0.05, 0.1) is 22.4 Å². The summed E-state index contributed by atoms with van der Waals surface area (Å²) in [4.78, 5) is 39.8. The van der Waals surface area contributed by atoms with E-state index in [1.54, 1.807) is 78.9 Å². The van der Waals surface area contributed by atoms with Gasteiger partial charge in [-0.05, 0) is 49.2 Å². The highest BCUT2D eigenvalue weighted by molar-refractivity contribution is 8.03. The Labute approximate surface area is 260 Å². The van der Waals surface area contributed by atoms with Gasteiger partial charge < -0.3 is 10.6 Å². The maximum absolute atomic E-state index is 13.4. The number of anilines is 1. The maximum atomic E-state index is 13.4. The Morgan fingerprint density at radius 1 is 0.860 bits per heavy atom. The third-order valence-electron chi connectivity index (χ3n) is 6.75. The number of nitrogens with one attached hydrogen (secondary N) is 2. The van der Waals surface area contributed by atoms with Crippen LogP contribution in [0.3, 0.4) is 0 Å². The lowest BCUT2D eigenvalue weighted by Gasteiger charge is -2.21. The van der Waals surface area contributed by atoms with E-state index >= 15 is 0 Å². The van der Waals surface area contributed by atoms with Gasteiger partial charge in [0.2, 0.25) is 5.91 Å². The Morgan fingerprint density at radius 2 is 1.49 bits per heavy atom. The van der Waals surface area contributed by atoms with Gasteiger partial charge >= 0.3 is 0 Å². The van der Waals surface area contributed by atoms with Crippen LogP contribution in [0, 0.1) is 25.2 Å². The van der Waals surface area contributed by atoms with Gasteiger partial charge in [0.15, 0.2) is 5.78 Å². The third kappa shape index (κ3) is 8.45. The summed E-state index contributed by atoms with van der Waals surface area (Å²) >= 11 is 7.62. The first-order valence-electron chi connectivity index (χ1n) is 13.6. The predicted octanol–water partition coefficient (Wildman–Crippen LogP) is 7.85. The zero-order valence-electron chi connectivity index (χ0n) is 23.8. The van der Waals surface area contributed by atoms with Crippen molar-refractivity contribution in [3.05, 3.63) is 147 Å². The topological polar surface area (TPSA) is 99.1 Å². The van der Waals surface area contributed by atoms with Crippen LogP contribution in [-0.4, -0.2) is 23.4 Å². The molecule has 1 atom stereocenters. The number of nitriles is 1. The number of benzene rings is 4. The number of nitrogens with zero attached hydrogens (tertiary/aromatic N) is 1. The molecular formula is C35H30ClN3O3S. The average Bonchev–Trinajstić information content (AvgIpc) is 3.02. The van der Waals surface area contributed by atoms with Crippen molar-refractivity contribution in [2.24, 2.45) is 0 Å². The minimum atomic E-state index is -0.785. The summed E-state index contributed by atoms with van der Waals surface area (Å²) in [6.07, 6.45) is -0.0728. The Bertz CT molecular complexity index is 1700. The summed E-state index contributed by atoms with van der Waals surface area (Å²) in [6.45, 7) is 3.88. The number of thioether (sulfide) groups is 1. The number of amides is 2. The van der Waals surface area contributed by atoms with Crippen molar-refractivity contribution >= 4 is 46.6 Å². The minimum absolute atomic E-state index is 0.0728.